The van der Waals surface area contributed by atoms with Gasteiger partial charge in [-0.1, -0.05) is 6.92 Å². The fourth-order valence-corrected chi connectivity index (χ4v) is 4.37. The summed E-state index contributed by atoms with van der Waals surface area (Å²) in [5.74, 6) is 0.492. The second-order valence-electron chi connectivity index (χ2n) is 8.18. The zero-order valence-electron chi connectivity index (χ0n) is 16.6. The van der Waals surface area contributed by atoms with E-state index in [-0.39, 0.29) is 11.3 Å². The number of halogens is 1. The van der Waals surface area contributed by atoms with Crippen LogP contribution >= 0.6 is 0 Å². The van der Waals surface area contributed by atoms with Gasteiger partial charge in [0.2, 0.25) is 5.95 Å². The van der Waals surface area contributed by atoms with Crippen molar-refractivity contribution in [1.29, 1.82) is 0 Å². The molecule has 1 aliphatic carbocycles. The van der Waals surface area contributed by atoms with Gasteiger partial charge in [-0.2, -0.15) is 0 Å². The number of fused-ring (bicyclic) bond motifs is 1. The fraction of sp³-hybridized carbons (Fsp3) is 0.455. The standard InChI is InChI=1S/C22H26FN5O/c1-2-27-9-3-5-16(13-27)24-22-26-25-21(18-6-4-10-28(18)22)20-17(23)11-15(12-19(20)29)14-7-8-14/h4,6,10-12,14,16,29H,2-3,5,7-9,13H2,1H3,(H,24,26)/t16-/m1/s1. The lowest BCUT2D eigenvalue weighted by atomic mass is 10.0. The number of likely N-dealkylation sites (N-methyl/N-ethyl adjacent to an activating group) is 1. The highest BCUT2D eigenvalue weighted by Crippen LogP contribution is 2.44. The number of phenolic OH excluding ortho intramolecular Hbond substituents is 1. The number of nitrogens with zero attached hydrogens (tertiary/aromatic N) is 4. The molecule has 1 aromatic carbocycles. The normalized spacial score (nSPS) is 20.3. The number of rotatable bonds is 5. The molecule has 1 saturated carbocycles. The Hall–Kier alpha value is -2.67. The zero-order valence-corrected chi connectivity index (χ0v) is 16.6. The van der Waals surface area contributed by atoms with E-state index in [2.05, 4.69) is 27.3 Å². The number of aromatic nitrogens is 3. The molecule has 0 radical (unpaired) electrons. The van der Waals surface area contributed by atoms with Crippen molar-refractivity contribution in [1.82, 2.24) is 19.5 Å². The number of piperidine rings is 1. The lowest BCUT2D eigenvalue weighted by molar-refractivity contribution is 0.226. The number of hydrogen-bond acceptors (Lipinski definition) is 5. The Bertz CT molecular complexity index is 1020. The van der Waals surface area contributed by atoms with E-state index < -0.39 is 5.82 Å². The highest BCUT2D eigenvalue weighted by atomic mass is 19.1. The van der Waals surface area contributed by atoms with E-state index in [0.717, 1.165) is 56.4 Å². The summed E-state index contributed by atoms with van der Waals surface area (Å²) < 4.78 is 16.8. The average Bonchev–Trinajstić information content (AvgIpc) is 3.45. The lowest BCUT2D eigenvalue weighted by Crippen LogP contribution is -2.42. The van der Waals surface area contributed by atoms with Crippen molar-refractivity contribution in [3.63, 3.8) is 0 Å². The van der Waals surface area contributed by atoms with E-state index >= 15 is 0 Å². The molecule has 6 nitrogen and oxygen atoms in total. The molecule has 2 aliphatic rings. The van der Waals surface area contributed by atoms with Gasteiger partial charge < -0.3 is 15.3 Å². The molecule has 1 saturated heterocycles. The van der Waals surface area contributed by atoms with Crippen LogP contribution in [0.25, 0.3) is 16.8 Å². The number of aromatic hydroxyl groups is 1. The van der Waals surface area contributed by atoms with Crippen LogP contribution in [0.1, 0.15) is 44.1 Å². The minimum atomic E-state index is -0.448. The number of likely N-dealkylation sites (tertiary alicyclic amines) is 1. The summed E-state index contributed by atoms with van der Waals surface area (Å²) in [5.41, 5.74) is 2.06. The van der Waals surface area contributed by atoms with Crippen molar-refractivity contribution < 1.29 is 9.50 Å². The fourth-order valence-electron chi connectivity index (χ4n) is 4.37. The maximum Gasteiger partial charge on any atom is 0.228 e. The van der Waals surface area contributed by atoms with Crippen LogP contribution in [0.5, 0.6) is 5.75 Å². The van der Waals surface area contributed by atoms with E-state index in [9.17, 15) is 9.50 Å². The second-order valence-corrected chi connectivity index (χ2v) is 8.18. The summed E-state index contributed by atoms with van der Waals surface area (Å²) in [6.07, 6.45) is 6.23. The van der Waals surface area contributed by atoms with Gasteiger partial charge in [-0.15, -0.1) is 10.2 Å². The molecule has 1 aliphatic heterocycles. The highest BCUT2D eigenvalue weighted by Gasteiger charge is 2.27. The third-order valence-corrected chi connectivity index (χ3v) is 6.13. The highest BCUT2D eigenvalue weighted by molar-refractivity contribution is 5.81. The summed E-state index contributed by atoms with van der Waals surface area (Å²) >= 11 is 0. The first kappa shape index (κ1) is 18.4. The van der Waals surface area contributed by atoms with Crippen LogP contribution in [0.4, 0.5) is 10.3 Å². The van der Waals surface area contributed by atoms with Crippen LogP contribution in [0.2, 0.25) is 0 Å². The second kappa shape index (κ2) is 7.30. The molecule has 3 heterocycles. The van der Waals surface area contributed by atoms with Crippen LogP contribution in [0, 0.1) is 5.82 Å². The number of anilines is 1. The molecular formula is C22H26FN5O. The zero-order chi connectivity index (χ0) is 20.0. The van der Waals surface area contributed by atoms with Crippen LogP contribution in [0.15, 0.2) is 30.5 Å². The predicted octanol–water partition coefficient (Wildman–Crippen LogP) is 4.01. The average molecular weight is 395 g/mol. The van der Waals surface area contributed by atoms with Crippen LogP contribution in [-0.4, -0.2) is 50.3 Å². The van der Waals surface area contributed by atoms with Gasteiger partial charge in [0.05, 0.1) is 11.1 Å². The van der Waals surface area contributed by atoms with E-state index in [1.807, 2.05) is 22.7 Å². The Balaban J connectivity index is 1.50. The van der Waals surface area contributed by atoms with Crippen molar-refractivity contribution in [2.75, 3.05) is 25.0 Å². The molecule has 5 rings (SSSR count). The van der Waals surface area contributed by atoms with Gasteiger partial charge in [-0.05, 0) is 74.5 Å². The maximum atomic E-state index is 14.9. The third-order valence-electron chi connectivity index (χ3n) is 6.13. The van der Waals surface area contributed by atoms with Gasteiger partial charge in [0, 0.05) is 18.8 Å². The van der Waals surface area contributed by atoms with Crippen molar-refractivity contribution in [3.05, 3.63) is 41.8 Å². The number of benzene rings is 1. The first-order chi connectivity index (χ1) is 14.1. The smallest absolute Gasteiger partial charge is 0.228 e. The molecule has 152 valence electrons. The summed E-state index contributed by atoms with van der Waals surface area (Å²) in [5, 5.41) is 22.7. The summed E-state index contributed by atoms with van der Waals surface area (Å²) in [4.78, 5) is 2.42. The number of phenols is 1. The molecule has 2 fully saturated rings. The molecule has 7 heteroatoms. The van der Waals surface area contributed by atoms with Crippen molar-refractivity contribution in [2.24, 2.45) is 0 Å². The minimum absolute atomic E-state index is 0.0733. The molecule has 3 aromatic rings. The monoisotopic (exact) mass is 395 g/mol. The SMILES string of the molecule is CCN1CCC[C@@H](Nc2nnc(-c3c(O)cc(C4CC4)cc3F)c3cccn23)C1. The van der Waals surface area contributed by atoms with Gasteiger partial charge in [-0.25, -0.2) is 4.39 Å². The summed E-state index contributed by atoms with van der Waals surface area (Å²) in [7, 11) is 0. The molecule has 2 N–H and O–H groups in total. The molecule has 0 amide bonds. The molecule has 2 aromatic heterocycles. The van der Waals surface area contributed by atoms with Gasteiger partial charge >= 0.3 is 0 Å². The summed E-state index contributed by atoms with van der Waals surface area (Å²) in [6.45, 7) is 5.32. The Morgan fingerprint density at radius 2 is 2.10 bits per heavy atom. The van der Waals surface area contributed by atoms with Crippen LogP contribution in [-0.2, 0) is 0 Å². The summed E-state index contributed by atoms with van der Waals surface area (Å²) in [6, 6.07) is 7.27. The van der Waals surface area contributed by atoms with Crippen molar-refractivity contribution in [2.45, 2.75) is 44.6 Å². The minimum Gasteiger partial charge on any atom is -0.507 e. The molecule has 0 unspecified atom stereocenters. The van der Waals surface area contributed by atoms with E-state index in [1.54, 1.807) is 6.07 Å². The maximum absolute atomic E-state index is 14.9. The lowest BCUT2D eigenvalue weighted by Gasteiger charge is -2.32. The molecule has 0 spiro atoms. The Morgan fingerprint density at radius 1 is 1.24 bits per heavy atom. The van der Waals surface area contributed by atoms with Crippen LogP contribution < -0.4 is 5.32 Å². The Labute approximate surface area is 169 Å². The topological polar surface area (TPSA) is 65.7 Å². The molecule has 29 heavy (non-hydrogen) atoms. The van der Waals surface area contributed by atoms with Crippen LogP contribution in [0.3, 0.4) is 0 Å². The van der Waals surface area contributed by atoms with E-state index in [4.69, 9.17) is 0 Å². The van der Waals surface area contributed by atoms with Gasteiger partial charge in [0.15, 0.2) is 0 Å². The van der Waals surface area contributed by atoms with Crippen molar-refractivity contribution >= 4 is 11.5 Å². The van der Waals surface area contributed by atoms with Gasteiger partial charge in [0.25, 0.3) is 0 Å². The molecular weight excluding hydrogens is 369 g/mol. The van der Waals surface area contributed by atoms with E-state index in [1.165, 1.54) is 6.07 Å². The van der Waals surface area contributed by atoms with E-state index in [0.29, 0.717) is 23.6 Å². The number of nitrogens with one attached hydrogen (secondary N) is 1. The quantitative estimate of drug-likeness (QED) is 0.683. The van der Waals surface area contributed by atoms with Gasteiger partial charge in [-0.3, -0.25) is 4.40 Å². The first-order valence-electron chi connectivity index (χ1n) is 10.5. The molecule has 1 atom stereocenters. The van der Waals surface area contributed by atoms with Gasteiger partial charge in [0.1, 0.15) is 17.3 Å². The predicted molar refractivity (Wildman–Crippen MR) is 111 cm³/mol. The largest absolute Gasteiger partial charge is 0.507 e. The Kier molecular flexibility index (Phi) is 4.62. The Morgan fingerprint density at radius 3 is 2.86 bits per heavy atom. The molecule has 0 bridgehead atoms. The number of hydrogen-bond donors (Lipinski definition) is 2. The van der Waals surface area contributed by atoms with Crippen molar-refractivity contribution in [3.8, 4) is 17.0 Å². The first-order valence-corrected chi connectivity index (χ1v) is 10.5. The third kappa shape index (κ3) is 3.44.